The number of carbonyl (C=O) groups is 1. The Morgan fingerprint density at radius 1 is 1.50 bits per heavy atom. The van der Waals surface area contributed by atoms with Crippen molar-refractivity contribution >= 4 is 21.9 Å². The number of halogens is 2. The van der Waals surface area contributed by atoms with Crippen molar-refractivity contribution in [3.05, 3.63) is 33.5 Å². The van der Waals surface area contributed by atoms with Gasteiger partial charge in [-0.15, -0.1) is 0 Å². The first-order valence-corrected chi connectivity index (χ1v) is 5.72. The van der Waals surface area contributed by atoms with Gasteiger partial charge in [-0.25, -0.2) is 4.39 Å². The number of carboxylic acids is 1. The molecule has 0 fully saturated rings. The van der Waals surface area contributed by atoms with Crippen LogP contribution in [0.1, 0.15) is 25.0 Å². The van der Waals surface area contributed by atoms with Crippen molar-refractivity contribution in [3.8, 4) is 0 Å². The third-order valence-corrected chi connectivity index (χ3v) is 3.47. The van der Waals surface area contributed by atoms with E-state index in [2.05, 4.69) is 15.9 Å². The molecule has 0 atom stereocenters. The zero-order valence-electron chi connectivity index (χ0n) is 9.47. The number of aliphatic carboxylic acids is 1. The molecule has 0 unspecified atom stereocenters. The van der Waals surface area contributed by atoms with E-state index in [0.29, 0.717) is 15.6 Å². The van der Waals surface area contributed by atoms with Crippen LogP contribution in [0.5, 0.6) is 0 Å². The average molecular weight is 289 g/mol. The highest BCUT2D eigenvalue weighted by Crippen LogP contribution is 2.28. The molecular formula is C12H14BrFO2. The first-order valence-electron chi connectivity index (χ1n) is 4.92. The SMILES string of the molecule is Cc1c(Br)ccc(CC(C)(C)C(=O)O)c1F. The van der Waals surface area contributed by atoms with Gasteiger partial charge in [-0.1, -0.05) is 22.0 Å². The number of benzene rings is 1. The highest BCUT2D eigenvalue weighted by atomic mass is 79.9. The van der Waals surface area contributed by atoms with Crippen LogP contribution in [0.25, 0.3) is 0 Å². The van der Waals surface area contributed by atoms with Crippen LogP contribution in [0.4, 0.5) is 4.39 Å². The molecule has 0 saturated carbocycles. The molecule has 0 aromatic heterocycles. The van der Waals surface area contributed by atoms with Crippen molar-refractivity contribution in [3.63, 3.8) is 0 Å². The van der Waals surface area contributed by atoms with Gasteiger partial charge in [0.1, 0.15) is 5.82 Å². The summed E-state index contributed by atoms with van der Waals surface area (Å²) >= 11 is 3.23. The molecule has 4 heteroatoms. The van der Waals surface area contributed by atoms with Crippen molar-refractivity contribution in [1.82, 2.24) is 0 Å². The Labute approximate surface area is 103 Å². The highest BCUT2D eigenvalue weighted by molar-refractivity contribution is 9.10. The minimum Gasteiger partial charge on any atom is -0.481 e. The van der Waals surface area contributed by atoms with Crippen LogP contribution in [0, 0.1) is 18.2 Å². The standard InChI is InChI=1S/C12H14BrFO2/c1-7-9(13)5-4-8(10(7)14)6-12(2,3)11(15)16/h4-5H,6H2,1-3H3,(H,15,16). The molecule has 1 aromatic rings. The van der Waals surface area contributed by atoms with Crippen LogP contribution in [0.3, 0.4) is 0 Å². The zero-order chi connectivity index (χ0) is 12.5. The van der Waals surface area contributed by atoms with Crippen LogP contribution >= 0.6 is 15.9 Å². The number of rotatable bonds is 3. The molecule has 0 bridgehead atoms. The summed E-state index contributed by atoms with van der Waals surface area (Å²) in [5.41, 5.74) is -0.00650. The number of hydrogen-bond donors (Lipinski definition) is 1. The Hall–Kier alpha value is -0.900. The minimum absolute atomic E-state index is 0.183. The monoisotopic (exact) mass is 288 g/mol. The van der Waals surface area contributed by atoms with Crippen molar-refractivity contribution in [2.24, 2.45) is 5.41 Å². The van der Waals surface area contributed by atoms with Gasteiger partial charge in [0.25, 0.3) is 0 Å². The van der Waals surface area contributed by atoms with Gasteiger partial charge in [0, 0.05) is 4.47 Å². The van der Waals surface area contributed by atoms with E-state index < -0.39 is 11.4 Å². The molecule has 88 valence electrons. The van der Waals surface area contributed by atoms with E-state index in [1.165, 1.54) is 0 Å². The summed E-state index contributed by atoms with van der Waals surface area (Å²) < 4.78 is 14.5. The van der Waals surface area contributed by atoms with Crippen LogP contribution in [0.15, 0.2) is 16.6 Å². The molecule has 0 radical (unpaired) electrons. The minimum atomic E-state index is -0.957. The van der Waals surface area contributed by atoms with E-state index in [1.54, 1.807) is 32.9 Å². The fourth-order valence-corrected chi connectivity index (χ4v) is 1.71. The van der Waals surface area contributed by atoms with Crippen molar-refractivity contribution in [2.75, 3.05) is 0 Å². The summed E-state index contributed by atoms with van der Waals surface area (Å²) in [6, 6.07) is 3.36. The quantitative estimate of drug-likeness (QED) is 0.924. The van der Waals surface area contributed by atoms with Gasteiger partial charge in [-0.3, -0.25) is 4.79 Å². The Bertz CT molecular complexity index is 427. The molecule has 0 aliphatic heterocycles. The lowest BCUT2D eigenvalue weighted by Gasteiger charge is -2.20. The van der Waals surface area contributed by atoms with E-state index in [1.807, 2.05) is 0 Å². The molecule has 0 heterocycles. The molecule has 0 saturated heterocycles. The van der Waals surface area contributed by atoms with E-state index >= 15 is 0 Å². The summed E-state index contributed by atoms with van der Waals surface area (Å²) in [6.07, 6.45) is 0.183. The van der Waals surface area contributed by atoms with Crippen LogP contribution in [-0.4, -0.2) is 11.1 Å². The summed E-state index contributed by atoms with van der Waals surface area (Å²) in [5, 5.41) is 8.99. The molecule has 1 aromatic carbocycles. The molecule has 0 aliphatic carbocycles. The summed E-state index contributed by atoms with van der Waals surface area (Å²) in [5.74, 6) is -1.25. The van der Waals surface area contributed by atoms with Crippen LogP contribution in [0.2, 0.25) is 0 Å². The Morgan fingerprint density at radius 2 is 2.06 bits per heavy atom. The van der Waals surface area contributed by atoms with Crippen LogP contribution in [-0.2, 0) is 11.2 Å². The first-order chi connectivity index (χ1) is 7.25. The lowest BCUT2D eigenvalue weighted by atomic mass is 9.85. The third-order valence-electron chi connectivity index (χ3n) is 2.61. The number of carboxylic acid groups (broad SMARTS) is 1. The van der Waals surface area contributed by atoms with Gasteiger partial charge in [0.2, 0.25) is 0 Å². The lowest BCUT2D eigenvalue weighted by molar-refractivity contribution is -0.146. The van der Waals surface area contributed by atoms with Crippen molar-refractivity contribution in [2.45, 2.75) is 27.2 Å². The summed E-state index contributed by atoms with van der Waals surface area (Å²) in [6.45, 7) is 4.84. The lowest BCUT2D eigenvalue weighted by Crippen LogP contribution is -2.26. The molecule has 2 nitrogen and oxygen atoms in total. The van der Waals surface area contributed by atoms with Gasteiger partial charge in [0.05, 0.1) is 5.41 Å². The summed E-state index contributed by atoms with van der Waals surface area (Å²) in [4.78, 5) is 11.0. The Kier molecular flexibility index (Phi) is 3.73. The first kappa shape index (κ1) is 13.2. The van der Waals surface area contributed by atoms with E-state index in [0.717, 1.165) is 0 Å². The molecule has 16 heavy (non-hydrogen) atoms. The van der Waals surface area contributed by atoms with Gasteiger partial charge in [-0.05, 0) is 44.4 Å². The zero-order valence-corrected chi connectivity index (χ0v) is 11.1. The maximum atomic E-state index is 13.8. The second-order valence-corrected chi connectivity index (χ2v) is 5.37. The van der Waals surface area contributed by atoms with Gasteiger partial charge >= 0.3 is 5.97 Å². The largest absolute Gasteiger partial charge is 0.481 e. The Balaban J connectivity index is 3.08. The third kappa shape index (κ3) is 2.61. The fourth-order valence-electron chi connectivity index (χ4n) is 1.41. The van der Waals surface area contributed by atoms with Crippen LogP contribution < -0.4 is 0 Å². The predicted molar refractivity (Wildman–Crippen MR) is 64.0 cm³/mol. The molecule has 1 rings (SSSR count). The molecule has 1 N–H and O–H groups in total. The molecule has 0 spiro atoms. The topological polar surface area (TPSA) is 37.3 Å². The van der Waals surface area contributed by atoms with Gasteiger partial charge in [-0.2, -0.15) is 0 Å². The maximum Gasteiger partial charge on any atom is 0.309 e. The highest BCUT2D eigenvalue weighted by Gasteiger charge is 2.28. The molecule has 0 amide bonds. The van der Waals surface area contributed by atoms with Crippen molar-refractivity contribution < 1.29 is 14.3 Å². The van der Waals surface area contributed by atoms with Crippen molar-refractivity contribution in [1.29, 1.82) is 0 Å². The number of hydrogen-bond acceptors (Lipinski definition) is 1. The second kappa shape index (κ2) is 4.53. The molecule has 0 aliphatic rings. The normalized spacial score (nSPS) is 11.6. The fraction of sp³-hybridized carbons (Fsp3) is 0.417. The average Bonchev–Trinajstić information content (AvgIpc) is 2.19. The molecular weight excluding hydrogens is 275 g/mol. The van der Waals surface area contributed by atoms with E-state index in [-0.39, 0.29) is 12.2 Å². The van der Waals surface area contributed by atoms with E-state index in [4.69, 9.17) is 5.11 Å². The maximum absolute atomic E-state index is 13.8. The summed E-state index contributed by atoms with van der Waals surface area (Å²) in [7, 11) is 0. The van der Waals surface area contributed by atoms with Gasteiger partial charge < -0.3 is 5.11 Å². The van der Waals surface area contributed by atoms with Gasteiger partial charge in [0.15, 0.2) is 0 Å². The Morgan fingerprint density at radius 3 is 2.56 bits per heavy atom. The smallest absolute Gasteiger partial charge is 0.309 e. The predicted octanol–water partition coefficient (Wildman–Crippen LogP) is 3.55. The van der Waals surface area contributed by atoms with E-state index in [9.17, 15) is 9.18 Å². The second-order valence-electron chi connectivity index (χ2n) is 4.51.